The average Bonchev–Trinajstić information content (AvgIpc) is 1.72. The minimum atomic E-state index is -0.347. The molecule has 52 valence electrons. The third-order valence-electron chi connectivity index (χ3n) is 0.775. The van der Waals surface area contributed by atoms with Crippen LogP contribution in [0, 0.1) is 5.92 Å². The monoisotopic (exact) mass is 162 g/mol. The molecule has 0 rings (SSSR count). The number of aliphatic hydroxyl groups excluding tert-OH is 3. The van der Waals surface area contributed by atoms with Gasteiger partial charge >= 0.3 is 0 Å². The number of hydrogen-bond acceptors (Lipinski definition) is 3. The Hall–Kier alpha value is 0.399. The first-order valence-electron chi connectivity index (χ1n) is 2.17. The van der Waals surface area contributed by atoms with Crippen molar-refractivity contribution in [2.24, 2.45) is 5.92 Å². The molecule has 0 fully saturated rings. The Morgan fingerprint density at radius 3 is 1.12 bits per heavy atom. The van der Waals surface area contributed by atoms with E-state index in [-0.39, 0.29) is 42.8 Å². The third kappa shape index (κ3) is 4.56. The summed E-state index contributed by atoms with van der Waals surface area (Å²) in [5, 5.41) is 24.6. The molecule has 8 heavy (non-hydrogen) atoms. The standard InChI is InChI=1S/C4H10O3.Fe/c5-1-4(2-6)3-7;/h4-7H,1-3H2;. The molecular formula is C4H10FeO3. The minimum absolute atomic E-state index is 0. The molecule has 0 bridgehead atoms. The van der Waals surface area contributed by atoms with E-state index in [1.54, 1.807) is 0 Å². The Morgan fingerprint density at radius 2 is 1.12 bits per heavy atom. The van der Waals surface area contributed by atoms with Gasteiger partial charge in [0.1, 0.15) is 0 Å². The number of aliphatic hydroxyl groups is 3. The molecule has 0 heterocycles. The van der Waals surface area contributed by atoms with E-state index in [0.29, 0.717) is 0 Å². The first kappa shape index (κ1) is 11.2. The summed E-state index contributed by atoms with van der Waals surface area (Å²) in [7, 11) is 0. The minimum Gasteiger partial charge on any atom is -0.396 e. The van der Waals surface area contributed by atoms with Crippen molar-refractivity contribution in [2.45, 2.75) is 0 Å². The fourth-order valence-electron chi connectivity index (χ4n) is 0.173. The summed E-state index contributed by atoms with van der Waals surface area (Å²) in [4.78, 5) is 0. The molecule has 0 amide bonds. The molecule has 0 saturated carbocycles. The third-order valence-corrected chi connectivity index (χ3v) is 0.775. The summed E-state index contributed by atoms with van der Waals surface area (Å²) >= 11 is 0. The van der Waals surface area contributed by atoms with Gasteiger partial charge in [0.25, 0.3) is 0 Å². The van der Waals surface area contributed by atoms with Crippen LogP contribution in [-0.2, 0) is 17.1 Å². The molecule has 0 aliphatic rings. The van der Waals surface area contributed by atoms with Crippen LogP contribution in [-0.4, -0.2) is 35.1 Å². The van der Waals surface area contributed by atoms with Crippen molar-refractivity contribution in [1.29, 1.82) is 0 Å². The molecule has 0 aromatic heterocycles. The summed E-state index contributed by atoms with van der Waals surface area (Å²) < 4.78 is 0. The zero-order valence-corrected chi connectivity index (χ0v) is 5.50. The molecule has 0 unspecified atom stereocenters. The van der Waals surface area contributed by atoms with Crippen LogP contribution in [0.2, 0.25) is 0 Å². The summed E-state index contributed by atoms with van der Waals surface area (Å²) in [6, 6.07) is 0. The number of rotatable bonds is 3. The fourth-order valence-corrected chi connectivity index (χ4v) is 0.173. The van der Waals surface area contributed by atoms with E-state index in [4.69, 9.17) is 15.3 Å². The van der Waals surface area contributed by atoms with Gasteiger partial charge in [-0.15, -0.1) is 0 Å². The van der Waals surface area contributed by atoms with Gasteiger partial charge in [-0.3, -0.25) is 0 Å². The molecular weight excluding hydrogens is 152 g/mol. The summed E-state index contributed by atoms with van der Waals surface area (Å²) in [6.45, 7) is -0.437. The maximum absolute atomic E-state index is 8.21. The molecule has 0 saturated heterocycles. The van der Waals surface area contributed by atoms with Crippen LogP contribution < -0.4 is 0 Å². The Kier molecular flexibility index (Phi) is 10.4. The Bertz CT molecular complexity index is 32.8. The second kappa shape index (κ2) is 7.40. The molecule has 0 atom stereocenters. The van der Waals surface area contributed by atoms with Crippen LogP contribution in [0.1, 0.15) is 0 Å². The van der Waals surface area contributed by atoms with Crippen molar-refractivity contribution in [3.8, 4) is 0 Å². The molecule has 0 aromatic carbocycles. The predicted octanol–water partition coefficient (Wildman–Crippen LogP) is -1.42. The average molecular weight is 162 g/mol. The van der Waals surface area contributed by atoms with Crippen LogP contribution in [0.15, 0.2) is 0 Å². The van der Waals surface area contributed by atoms with E-state index in [1.807, 2.05) is 0 Å². The van der Waals surface area contributed by atoms with Crippen molar-refractivity contribution in [3.63, 3.8) is 0 Å². The molecule has 0 aliphatic carbocycles. The van der Waals surface area contributed by atoms with Crippen molar-refractivity contribution < 1.29 is 32.4 Å². The van der Waals surface area contributed by atoms with Crippen molar-refractivity contribution >= 4 is 0 Å². The fraction of sp³-hybridized carbons (Fsp3) is 1.00. The van der Waals surface area contributed by atoms with E-state index in [1.165, 1.54) is 0 Å². The molecule has 0 aliphatic heterocycles. The van der Waals surface area contributed by atoms with Gasteiger partial charge in [-0.1, -0.05) is 0 Å². The van der Waals surface area contributed by atoms with Crippen molar-refractivity contribution in [2.75, 3.05) is 19.8 Å². The molecule has 3 nitrogen and oxygen atoms in total. The topological polar surface area (TPSA) is 60.7 Å². The smallest absolute Gasteiger partial charge is 0.0503 e. The van der Waals surface area contributed by atoms with Crippen LogP contribution >= 0.6 is 0 Å². The largest absolute Gasteiger partial charge is 0.396 e. The van der Waals surface area contributed by atoms with E-state index >= 15 is 0 Å². The molecule has 0 spiro atoms. The molecule has 0 aromatic rings. The van der Waals surface area contributed by atoms with Gasteiger partial charge in [-0.25, -0.2) is 0 Å². The molecule has 4 heteroatoms. The maximum Gasteiger partial charge on any atom is 0.0503 e. The van der Waals surface area contributed by atoms with Crippen molar-refractivity contribution in [1.82, 2.24) is 0 Å². The maximum atomic E-state index is 8.21. The van der Waals surface area contributed by atoms with Crippen LogP contribution in [0.5, 0.6) is 0 Å². The summed E-state index contributed by atoms with van der Waals surface area (Å²) in [5.74, 6) is -0.347. The second-order valence-electron chi connectivity index (χ2n) is 1.41. The van der Waals surface area contributed by atoms with E-state index in [0.717, 1.165) is 0 Å². The van der Waals surface area contributed by atoms with Gasteiger partial charge in [0, 0.05) is 23.0 Å². The van der Waals surface area contributed by atoms with Crippen LogP contribution in [0.4, 0.5) is 0 Å². The van der Waals surface area contributed by atoms with E-state index in [2.05, 4.69) is 0 Å². The first-order chi connectivity index (χ1) is 3.35. The predicted molar refractivity (Wildman–Crippen MR) is 24.7 cm³/mol. The SMILES string of the molecule is OCC(CO)CO.[Fe]. The van der Waals surface area contributed by atoms with Crippen LogP contribution in [0.3, 0.4) is 0 Å². The summed E-state index contributed by atoms with van der Waals surface area (Å²) in [5.41, 5.74) is 0. The zero-order valence-electron chi connectivity index (χ0n) is 4.39. The van der Waals surface area contributed by atoms with Gasteiger partial charge in [-0.05, 0) is 0 Å². The Balaban J connectivity index is 0. The quantitative estimate of drug-likeness (QED) is 0.446. The van der Waals surface area contributed by atoms with Crippen molar-refractivity contribution in [3.05, 3.63) is 0 Å². The number of hydrogen-bond donors (Lipinski definition) is 3. The van der Waals surface area contributed by atoms with Gasteiger partial charge in [0.2, 0.25) is 0 Å². The van der Waals surface area contributed by atoms with Gasteiger partial charge in [0.15, 0.2) is 0 Å². The zero-order chi connectivity index (χ0) is 5.70. The summed E-state index contributed by atoms with van der Waals surface area (Å²) in [6.07, 6.45) is 0. The van der Waals surface area contributed by atoms with E-state index < -0.39 is 0 Å². The molecule has 3 N–H and O–H groups in total. The Morgan fingerprint density at radius 1 is 0.875 bits per heavy atom. The molecule has 0 radical (unpaired) electrons. The first-order valence-corrected chi connectivity index (χ1v) is 2.17. The normalized spacial score (nSPS) is 9.00. The van der Waals surface area contributed by atoms with Crippen LogP contribution in [0.25, 0.3) is 0 Å². The second-order valence-corrected chi connectivity index (χ2v) is 1.41. The Labute approximate surface area is 58.8 Å². The van der Waals surface area contributed by atoms with Gasteiger partial charge < -0.3 is 15.3 Å². The van der Waals surface area contributed by atoms with Gasteiger partial charge in [0.05, 0.1) is 19.8 Å². The van der Waals surface area contributed by atoms with E-state index in [9.17, 15) is 0 Å². The van der Waals surface area contributed by atoms with Gasteiger partial charge in [-0.2, -0.15) is 0 Å².